The molecule has 0 spiro atoms. The van der Waals surface area contributed by atoms with E-state index < -0.39 is 16.9 Å². The molecular formula is C14H13N3O4. The van der Waals surface area contributed by atoms with E-state index in [-0.39, 0.29) is 16.9 Å². The summed E-state index contributed by atoms with van der Waals surface area (Å²) >= 11 is 0. The maximum absolute atomic E-state index is 12.0. The molecule has 0 aliphatic carbocycles. The number of hydrogen-bond acceptors (Lipinski definition) is 4. The first-order valence-electron chi connectivity index (χ1n) is 6.22. The lowest BCUT2D eigenvalue weighted by Gasteiger charge is -2.14. The Hall–Kier alpha value is -2.96. The molecule has 1 aromatic carbocycles. The Morgan fingerprint density at radius 3 is 2.67 bits per heavy atom. The molecule has 1 aromatic heterocycles. The number of non-ortho nitro benzene ring substituents is 1. The fourth-order valence-electron chi connectivity index (χ4n) is 1.85. The van der Waals surface area contributed by atoms with E-state index in [2.05, 4.69) is 10.3 Å². The summed E-state index contributed by atoms with van der Waals surface area (Å²) in [5, 5.41) is 13.4. The molecule has 0 bridgehead atoms. The third-order valence-corrected chi connectivity index (χ3v) is 2.94. The van der Waals surface area contributed by atoms with Crippen LogP contribution < -0.4 is 10.9 Å². The molecule has 0 aliphatic heterocycles. The molecular weight excluding hydrogens is 274 g/mol. The highest BCUT2D eigenvalue weighted by Crippen LogP contribution is 2.19. The zero-order valence-electron chi connectivity index (χ0n) is 11.2. The average molecular weight is 287 g/mol. The van der Waals surface area contributed by atoms with Crippen LogP contribution in [-0.2, 0) is 0 Å². The monoisotopic (exact) mass is 287 g/mol. The van der Waals surface area contributed by atoms with Crippen molar-refractivity contribution in [2.45, 2.75) is 13.0 Å². The molecule has 108 valence electrons. The molecule has 7 nitrogen and oxygen atoms in total. The largest absolute Gasteiger partial charge is 0.344 e. The number of nitrogens with one attached hydrogen (secondary N) is 2. The predicted molar refractivity (Wildman–Crippen MR) is 76.0 cm³/mol. The Kier molecular flexibility index (Phi) is 4.13. The molecule has 0 saturated heterocycles. The number of amides is 1. The van der Waals surface area contributed by atoms with Crippen LogP contribution in [0.1, 0.15) is 29.0 Å². The van der Waals surface area contributed by atoms with E-state index in [1.165, 1.54) is 30.3 Å². The van der Waals surface area contributed by atoms with Crippen molar-refractivity contribution < 1.29 is 9.72 Å². The van der Waals surface area contributed by atoms with Crippen molar-refractivity contribution >= 4 is 11.6 Å². The smallest absolute Gasteiger partial charge is 0.269 e. The molecule has 0 saturated carbocycles. The van der Waals surface area contributed by atoms with Crippen molar-refractivity contribution in [3.8, 4) is 0 Å². The van der Waals surface area contributed by atoms with E-state index in [4.69, 9.17) is 0 Å². The van der Waals surface area contributed by atoms with Crippen LogP contribution in [0, 0.1) is 10.1 Å². The Labute approximate surface area is 119 Å². The van der Waals surface area contributed by atoms with Gasteiger partial charge >= 0.3 is 0 Å². The minimum Gasteiger partial charge on any atom is -0.344 e. The lowest BCUT2D eigenvalue weighted by atomic mass is 10.1. The van der Waals surface area contributed by atoms with E-state index in [1.807, 2.05) is 0 Å². The highest BCUT2D eigenvalue weighted by Gasteiger charge is 2.14. The third kappa shape index (κ3) is 3.53. The Morgan fingerprint density at radius 2 is 2.00 bits per heavy atom. The van der Waals surface area contributed by atoms with Gasteiger partial charge in [-0.2, -0.15) is 0 Å². The maximum Gasteiger partial charge on any atom is 0.269 e. The molecule has 2 aromatic rings. The number of pyridine rings is 1. The minimum absolute atomic E-state index is 0.0401. The molecule has 0 aliphatic rings. The SMILES string of the molecule is CC(NC(=O)c1cccc(=O)[nH]1)c1cccc([N+](=O)[O-])c1. The number of nitro benzene ring substituents is 1. The molecule has 0 fully saturated rings. The van der Waals surface area contributed by atoms with Crippen molar-refractivity contribution in [1.29, 1.82) is 0 Å². The Morgan fingerprint density at radius 1 is 1.29 bits per heavy atom. The lowest BCUT2D eigenvalue weighted by molar-refractivity contribution is -0.384. The number of carbonyl (C=O) groups is 1. The first kappa shape index (κ1) is 14.4. The van der Waals surface area contributed by atoms with Gasteiger partial charge in [0.2, 0.25) is 5.56 Å². The molecule has 21 heavy (non-hydrogen) atoms. The van der Waals surface area contributed by atoms with Crippen LogP contribution in [-0.4, -0.2) is 15.8 Å². The van der Waals surface area contributed by atoms with E-state index in [0.29, 0.717) is 5.56 Å². The van der Waals surface area contributed by atoms with Crippen LogP contribution >= 0.6 is 0 Å². The summed E-state index contributed by atoms with van der Waals surface area (Å²) < 4.78 is 0. The highest BCUT2D eigenvalue weighted by atomic mass is 16.6. The third-order valence-electron chi connectivity index (χ3n) is 2.94. The summed E-state index contributed by atoms with van der Waals surface area (Å²) in [6, 6.07) is 9.86. The van der Waals surface area contributed by atoms with Crippen molar-refractivity contribution in [2.24, 2.45) is 0 Å². The average Bonchev–Trinajstić information content (AvgIpc) is 2.47. The van der Waals surface area contributed by atoms with Gasteiger partial charge in [-0.05, 0) is 18.6 Å². The first-order chi connectivity index (χ1) is 9.97. The molecule has 1 unspecified atom stereocenters. The first-order valence-corrected chi connectivity index (χ1v) is 6.22. The van der Waals surface area contributed by atoms with Crippen molar-refractivity contribution in [2.75, 3.05) is 0 Å². The fourth-order valence-corrected chi connectivity index (χ4v) is 1.85. The number of H-pyrrole nitrogens is 1. The number of aromatic amines is 1. The van der Waals surface area contributed by atoms with Crippen molar-refractivity contribution in [3.63, 3.8) is 0 Å². The summed E-state index contributed by atoms with van der Waals surface area (Å²) in [5.41, 5.74) is 0.336. The molecule has 7 heteroatoms. The quantitative estimate of drug-likeness (QED) is 0.660. The summed E-state index contributed by atoms with van der Waals surface area (Å²) in [4.78, 5) is 35.8. The Bertz CT molecular complexity index is 739. The van der Waals surface area contributed by atoms with Gasteiger partial charge in [-0.3, -0.25) is 19.7 Å². The molecule has 2 N–H and O–H groups in total. The number of nitro groups is 1. The van der Waals surface area contributed by atoms with E-state index in [9.17, 15) is 19.7 Å². The van der Waals surface area contributed by atoms with E-state index >= 15 is 0 Å². The number of nitrogens with zero attached hydrogens (tertiary/aromatic N) is 1. The zero-order chi connectivity index (χ0) is 15.4. The van der Waals surface area contributed by atoms with Crippen LogP contribution in [0.3, 0.4) is 0 Å². The highest BCUT2D eigenvalue weighted by molar-refractivity contribution is 5.92. The van der Waals surface area contributed by atoms with Crippen LogP contribution in [0.25, 0.3) is 0 Å². The van der Waals surface area contributed by atoms with Gasteiger partial charge in [-0.1, -0.05) is 18.2 Å². The number of aromatic nitrogens is 1. The van der Waals surface area contributed by atoms with Crippen LogP contribution in [0.2, 0.25) is 0 Å². The van der Waals surface area contributed by atoms with Crippen LogP contribution in [0.5, 0.6) is 0 Å². The summed E-state index contributed by atoms with van der Waals surface area (Å²) in [6.07, 6.45) is 0. The second kappa shape index (κ2) is 6.00. The van der Waals surface area contributed by atoms with Gasteiger partial charge in [-0.15, -0.1) is 0 Å². The number of rotatable bonds is 4. The van der Waals surface area contributed by atoms with E-state index in [0.717, 1.165) is 0 Å². The second-order valence-electron chi connectivity index (χ2n) is 4.48. The van der Waals surface area contributed by atoms with Crippen molar-refractivity contribution in [1.82, 2.24) is 10.3 Å². The molecule has 1 amide bonds. The number of carbonyl (C=O) groups excluding carboxylic acids is 1. The summed E-state index contributed by atoms with van der Waals surface area (Å²) in [7, 11) is 0. The van der Waals surface area contributed by atoms with Gasteiger partial charge in [0.1, 0.15) is 5.69 Å². The number of hydrogen-bond donors (Lipinski definition) is 2. The summed E-state index contributed by atoms with van der Waals surface area (Å²) in [5.74, 6) is -0.452. The number of benzene rings is 1. The Balaban J connectivity index is 2.16. The standard InChI is InChI=1S/C14H13N3O4/c1-9(10-4-2-5-11(8-10)17(20)21)15-14(19)12-6-3-7-13(18)16-12/h2-9H,1H3,(H,15,19)(H,16,18). The maximum atomic E-state index is 12.0. The van der Waals surface area contributed by atoms with Crippen LogP contribution in [0.4, 0.5) is 5.69 Å². The molecule has 1 heterocycles. The second-order valence-corrected chi connectivity index (χ2v) is 4.48. The predicted octanol–water partition coefficient (Wildman–Crippen LogP) is 1.77. The van der Waals surface area contributed by atoms with Crippen LogP contribution in [0.15, 0.2) is 47.3 Å². The van der Waals surface area contributed by atoms with E-state index in [1.54, 1.807) is 19.1 Å². The van der Waals surface area contributed by atoms with Gasteiger partial charge in [0.15, 0.2) is 0 Å². The normalized spacial score (nSPS) is 11.7. The molecule has 0 radical (unpaired) electrons. The van der Waals surface area contributed by atoms with Gasteiger partial charge < -0.3 is 10.3 Å². The topological polar surface area (TPSA) is 105 Å². The van der Waals surface area contributed by atoms with Gasteiger partial charge in [0, 0.05) is 18.2 Å². The minimum atomic E-state index is -0.493. The summed E-state index contributed by atoms with van der Waals surface area (Å²) in [6.45, 7) is 1.71. The fraction of sp³-hybridized carbons (Fsp3) is 0.143. The zero-order valence-corrected chi connectivity index (χ0v) is 11.2. The van der Waals surface area contributed by atoms with Gasteiger partial charge in [-0.25, -0.2) is 0 Å². The molecule has 1 atom stereocenters. The van der Waals surface area contributed by atoms with Gasteiger partial charge in [0.05, 0.1) is 11.0 Å². The molecule has 2 rings (SSSR count). The van der Waals surface area contributed by atoms with Gasteiger partial charge in [0.25, 0.3) is 11.6 Å². The van der Waals surface area contributed by atoms with Crippen molar-refractivity contribution in [3.05, 3.63) is 74.2 Å². The lowest BCUT2D eigenvalue weighted by Crippen LogP contribution is -2.28.